The van der Waals surface area contributed by atoms with Gasteiger partial charge in [0.05, 0.1) is 11.3 Å². The largest absolute Gasteiger partial charge is 0.480 e. The molecule has 1 aliphatic carbocycles. The van der Waals surface area contributed by atoms with E-state index < -0.39 is 12.0 Å². The molecule has 20 heavy (non-hydrogen) atoms. The molecule has 1 saturated carbocycles. The number of carboxylic acid groups (broad SMARTS) is 1. The minimum Gasteiger partial charge on any atom is -0.480 e. The van der Waals surface area contributed by atoms with E-state index >= 15 is 0 Å². The maximum atomic E-state index is 11.5. The second-order valence-electron chi connectivity index (χ2n) is 5.16. The van der Waals surface area contributed by atoms with Gasteiger partial charge in [-0.05, 0) is 37.0 Å². The molecule has 1 aromatic rings. The van der Waals surface area contributed by atoms with Crippen LogP contribution in [-0.4, -0.2) is 17.1 Å². The molecule has 0 saturated heterocycles. The van der Waals surface area contributed by atoms with E-state index in [1.807, 2.05) is 6.07 Å². The second kappa shape index (κ2) is 6.76. The Kier molecular flexibility index (Phi) is 5.02. The van der Waals surface area contributed by atoms with E-state index in [1.54, 1.807) is 12.1 Å². The minimum atomic E-state index is -0.844. The number of carboxylic acids is 1. The number of hydrogen-bond acceptors (Lipinski definition) is 3. The van der Waals surface area contributed by atoms with Gasteiger partial charge in [0.15, 0.2) is 0 Å². The summed E-state index contributed by atoms with van der Waals surface area (Å²) in [6.07, 6.45) is 5.22. The van der Waals surface area contributed by atoms with Crippen LogP contribution in [0.1, 0.15) is 37.7 Å². The summed E-state index contributed by atoms with van der Waals surface area (Å²) in [4.78, 5) is 11.5. The summed E-state index contributed by atoms with van der Waals surface area (Å²) in [5.41, 5.74) is 1.05. The highest BCUT2D eigenvalue weighted by Crippen LogP contribution is 2.29. The SMILES string of the molecule is N#Cc1cc(Br)ccc1NC(C(=O)O)C1CCCCC1. The highest BCUT2D eigenvalue weighted by Gasteiger charge is 2.29. The van der Waals surface area contributed by atoms with Crippen molar-refractivity contribution in [1.29, 1.82) is 5.26 Å². The molecule has 5 heteroatoms. The van der Waals surface area contributed by atoms with Crippen molar-refractivity contribution in [2.45, 2.75) is 38.1 Å². The number of nitrogens with one attached hydrogen (secondary N) is 1. The van der Waals surface area contributed by atoms with Gasteiger partial charge in [-0.25, -0.2) is 4.79 Å². The van der Waals surface area contributed by atoms with Crippen LogP contribution in [0.4, 0.5) is 5.69 Å². The third kappa shape index (κ3) is 3.51. The second-order valence-corrected chi connectivity index (χ2v) is 6.08. The first kappa shape index (κ1) is 14.9. The molecule has 106 valence electrons. The molecular formula is C15H17BrN2O2. The predicted molar refractivity (Wildman–Crippen MR) is 80.5 cm³/mol. The number of halogens is 1. The lowest BCUT2D eigenvalue weighted by Crippen LogP contribution is -2.38. The lowest BCUT2D eigenvalue weighted by atomic mass is 9.83. The first-order chi connectivity index (χ1) is 9.61. The van der Waals surface area contributed by atoms with Crippen molar-refractivity contribution in [3.8, 4) is 6.07 Å². The summed E-state index contributed by atoms with van der Waals surface area (Å²) in [5.74, 6) is -0.708. The first-order valence-corrected chi connectivity index (χ1v) is 7.60. The van der Waals surface area contributed by atoms with Crippen molar-refractivity contribution in [2.75, 3.05) is 5.32 Å². The number of anilines is 1. The van der Waals surface area contributed by atoms with Crippen molar-refractivity contribution in [3.05, 3.63) is 28.2 Å². The van der Waals surface area contributed by atoms with Gasteiger partial charge in [-0.1, -0.05) is 35.2 Å². The van der Waals surface area contributed by atoms with Crippen molar-refractivity contribution in [1.82, 2.24) is 0 Å². The zero-order valence-electron chi connectivity index (χ0n) is 11.1. The normalized spacial score (nSPS) is 17.2. The van der Waals surface area contributed by atoms with Crippen LogP contribution in [0, 0.1) is 17.2 Å². The Labute approximate surface area is 126 Å². The molecule has 1 atom stereocenters. The molecule has 0 radical (unpaired) electrons. The van der Waals surface area contributed by atoms with Crippen LogP contribution in [0.2, 0.25) is 0 Å². The molecule has 0 aliphatic heterocycles. The van der Waals surface area contributed by atoms with E-state index in [2.05, 4.69) is 27.3 Å². The molecule has 0 amide bonds. The molecule has 4 nitrogen and oxygen atoms in total. The Morgan fingerprint density at radius 1 is 1.40 bits per heavy atom. The zero-order valence-corrected chi connectivity index (χ0v) is 12.7. The molecule has 2 N–H and O–H groups in total. The maximum Gasteiger partial charge on any atom is 0.326 e. The topological polar surface area (TPSA) is 73.1 Å². The highest BCUT2D eigenvalue weighted by molar-refractivity contribution is 9.10. The van der Waals surface area contributed by atoms with Gasteiger partial charge in [-0.15, -0.1) is 0 Å². The summed E-state index contributed by atoms with van der Waals surface area (Å²) in [6, 6.07) is 6.73. The van der Waals surface area contributed by atoms with E-state index in [-0.39, 0.29) is 5.92 Å². The monoisotopic (exact) mass is 336 g/mol. The number of aliphatic carboxylic acids is 1. The van der Waals surface area contributed by atoms with Crippen LogP contribution in [0.25, 0.3) is 0 Å². The molecule has 0 spiro atoms. The van der Waals surface area contributed by atoms with Crippen molar-refractivity contribution >= 4 is 27.6 Å². The molecule has 1 aromatic carbocycles. The zero-order chi connectivity index (χ0) is 14.5. The van der Waals surface area contributed by atoms with Gasteiger partial charge in [0.25, 0.3) is 0 Å². The predicted octanol–water partition coefficient (Wildman–Crippen LogP) is 3.77. The van der Waals surface area contributed by atoms with Gasteiger partial charge >= 0.3 is 5.97 Å². The third-order valence-electron chi connectivity index (χ3n) is 3.80. The smallest absolute Gasteiger partial charge is 0.326 e. The fraction of sp³-hybridized carbons (Fsp3) is 0.467. The Bertz CT molecular complexity index is 533. The Hall–Kier alpha value is -1.54. The van der Waals surface area contributed by atoms with Gasteiger partial charge in [-0.3, -0.25) is 0 Å². The molecule has 0 heterocycles. The maximum absolute atomic E-state index is 11.5. The molecule has 2 rings (SSSR count). The lowest BCUT2D eigenvalue weighted by molar-refractivity contribution is -0.139. The summed E-state index contributed by atoms with van der Waals surface area (Å²) >= 11 is 3.31. The first-order valence-electron chi connectivity index (χ1n) is 6.81. The van der Waals surface area contributed by atoms with Gasteiger partial charge in [-0.2, -0.15) is 5.26 Å². The quantitative estimate of drug-likeness (QED) is 0.877. The van der Waals surface area contributed by atoms with Crippen LogP contribution in [0.5, 0.6) is 0 Å². The average Bonchev–Trinajstić information content (AvgIpc) is 2.46. The summed E-state index contributed by atoms with van der Waals surface area (Å²) in [5, 5.41) is 21.6. The summed E-state index contributed by atoms with van der Waals surface area (Å²) < 4.78 is 0.809. The number of benzene rings is 1. The van der Waals surface area contributed by atoms with E-state index in [1.165, 1.54) is 6.42 Å². The average molecular weight is 337 g/mol. The number of hydrogen-bond donors (Lipinski definition) is 2. The van der Waals surface area contributed by atoms with Crippen molar-refractivity contribution in [2.24, 2.45) is 5.92 Å². The lowest BCUT2D eigenvalue weighted by Gasteiger charge is -2.29. The Morgan fingerprint density at radius 3 is 2.70 bits per heavy atom. The van der Waals surface area contributed by atoms with Crippen LogP contribution in [0.3, 0.4) is 0 Å². The van der Waals surface area contributed by atoms with Gasteiger partial charge in [0.1, 0.15) is 12.1 Å². The van der Waals surface area contributed by atoms with Crippen LogP contribution < -0.4 is 5.32 Å². The van der Waals surface area contributed by atoms with Gasteiger partial charge < -0.3 is 10.4 Å². The van der Waals surface area contributed by atoms with Crippen LogP contribution in [-0.2, 0) is 4.79 Å². The van der Waals surface area contributed by atoms with E-state index in [9.17, 15) is 9.90 Å². The molecule has 0 aromatic heterocycles. The number of rotatable bonds is 4. The van der Waals surface area contributed by atoms with E-state index in [4.69, 9.17) is 5.26 Å². The molecular weight excluding hydrogens is 320 g/mol. The molecule has 1 fully saturated rings. The van der Waals surface area contributed by atoms with Gasteiger partial charge in [0.2, 0.25) is 0 Å². The summed E-state index contributed by atoms with van der Waals surface area (Å²) in [7, 11) is 0. The summed E-state index contributed by atoms with van der Waals surface area (Å²) in [6.45, 7) is 0. The fourth-order valence-corrected chi connectivity index (χ4v) is 3.11. The molecule has 1 aliphatic rings. The third-order valence-corrected chi connectivity index (χ3v) is 4.29. The standard InChI is InChI=1S/C15H17BrN2O2/c16-12-6-7-13(11(8-12)9-17)18-14(15(19)20)10-4-2-1-3-5-10/h6-8,10,14,18H,1-5H2,(H,19,20). The number of nitrogens with zero attached hydrogens (tertiary/aromatic N) is 1. The van der Waals surface area contributed by atoms with Crippen molar-refractivity contribution in [3.63, 3.8) is 0 Å². The van der Waals surface area contributed by atoms with Gasteiger partial charge in [0, 0.05) is 4.47 Å². The van der Waals surface area contributed by atoms with Crippen LogP contribution >= 0.6 is 15.9 Å². The molecule has 1 unspecified atom stereocenters. The Balaban J connectivity index is 2.20. The number of carbonyl (C=O) groups is 1. The Morgan fingerprint density at radius 2 is 2.10 bits per heavy atom. The van der Waals surface area contributed by atoms with E-state index in [0.717, 1.165) is 30.2 Å². The van der Waals surface area contributed by atoms with E-state index in [0.29, 0.717) is 11.3 Å². The minimum absolute atomic E-state index is 0.136. The van der Waals surface area contributed by atoms with Crippen molar-refractivity contribution < 1.29 is 9.90 Å². The number of nitriles is 1. The molecule has 0 bridgehead atoms. The highest BCUT2D eigenvalue weighted by atomic mass is 79.9. The van der Waals surface area contributed by atoms with Crippen LogP contribution in [0.15, 0.2) is 22.7 Å². The fourth-order valence-electron chi connectivity index (χ4n) is 2.75.